The number of hydrogen-bond donors (Lipinski definition) is 3. The molecule has 5 N–H and O–H groups in total. The van der Waals surface area contributed by atoms with Gasteiger partial charge in [0.15, 0.2) is 0 Å². The average molecular weight is 316 g/mol. The summed E-state index contributed by atoms with van der Waals surface area (Å²) in [5, 5.41) is 21.8. The van der Waals surface area contributed by atoms with Gasteiger partial charge in [-0.15, -0.1) is 22.6 Å². The highest BCUT2D eigenvalue weighted by Crippen LogP contribution is 2.15. The number of aromatic amines is 1. The van der Waals surface area contributed by atoms with Gasteiger partial charge in [-0.05, 0) is 35.5 Å². The molecule has 0 fully saturated rings. The Morgan fingerprint density at radius 3 is 2.18 bits per heavy atom. The van der Waals surface area contributed by atoms with Gasteiger partial charge in [-0.3, -0.25) is 0 Å². The minimum atomic E-state index is 0. The van der Waals surface area contributed by atoms with Crippen LogP contribution < -0.4 is 11.5 Å². The molecule has 0 aliphatic rings. The summed E-state index contributed by atoms with van der Waals surface area (Å²) in [6.07, 6.45) is 0. The summed E-state index contributed by atoms with van der Waals surface area (Å²) in [7, 11) is 0. The van der Waals surface area contributed by atoms with Gasteiger partial charge >= 0.3 is 0 Å². The van der Waals surface area contributed by atoms with Gasteiger partial charge in [0.2, 0.25) is 5.82 Å². The van der Waals surface area contributed by atoms with Gasteiger partial charge in [0.05, 0.1) is 11.6 Å². The van der Waals surface area contributed by atoms with Crippen molar-refractivity contribution < 1.29 is 0 Å². The first-order valence-corrected chi connectivity index (χ1v) is 6.04. The van der Waals surface area contributed by atoms with Crippen molar-refractivity contribution in [2.45, 2.75) is 0 Å². The Morgan fingerprint density at radius 2 is 1.68 bits per heavy atom. The van der Waals surface area contributed by atoms with Crippen molar-refractivity contribution in [3.8, 4) is 17.5 Å². The standard InChI is InChI=1S/C7H7N5.C7H6N2.ClH/c8-6-3-1-2-5(4-6)7-9-11-12-10-7;8-5-6-2-1-3-7(9)4-6;/h1-4H,8H2,(H,9,10,11,12);1-4H,9H2;1H. The lowest BCUT2D eigenvalue weighted by atomic mass is 10.2. The normalized spacial score (nSPS) is 8.86. The summed E-state index contributed by atoms with van der Waals surface area (Å²) in [5.74, 6) is 0.558. The zero-order chi connectivity index (χ0) is 15.1. The maximum Gasteiger partial charge on any atom is 0.204 e. The molecule has 0 amide bonds. The summed E-state index contributed by atoms with van der Waals surface area (Å²) in [4.78, 5) is 0. The molecule has 0 aliphatic carbocycles. The zero-order valence-electron chi connectivity index (χ0n) is 11.5. The molecule has 0 bridgehead atoms. The quantitative estimate of drug-likeness (QED) is 0.589. The fourth-order valence-corrected chi connectivity index (χ4v) is 1.57. The van der Waals surface area contributed by atoms with E-state index in [0.29, 0.717) is 22.8 Å². The predicted octanol–water partition coefficient (Wildman–Crippen LogP) is 2.01. The Balaban J connectivity index is 0.000000219. The largest absolute Gasteiger partial charge is 0.399 e. The third kappa shape index (κ3) is 4.77. The van der Waals surface area contributed by atoms with E-state index < -0.39 is 0 Å². The zero-order valence-corrected chi connectivity index (χ0v) is 12.3. The van der Waals surface area contributed by atoms with Crippen LogP contribution in [0, 0.1) is 11.3 Å². The van der Waals surface area contributed by atoms with E-state index in [4.69, 9.17) is 16.7 Å². The van der Waals surface area contributed by atoms with Gasteiger partial charge < -0.3 is 11.5 Å². The number of aromatic nitrogens is 4. The molecule has 112 valence electrons. The molecule has 0 unspecified atom stereocenters. The molecule has 0 radical (unpaired) electrons. The lowest BCUT2D eigenvalue weighted by Gasteiger charge is -1.94. The van der Waals surface area contributed by atoms with E-state index in [2.05, 4.69) is 20.6 Å². The first-order valence-electron chi connectivity index (χ1n) is 6.04. The van der Waals surface area contributed by atoms with E-state index in [9.17, 15) is 0 Å². The Bertz CT molecular complexity index is 750. The van der Waals surface area contributed by atoms with Gasteiger partial charge in [0.1, 0.15) is 0 Å². The number of anilines is 2. The minimum Gasteiger partial charge on any atom is -0.399 e. The molecule has 0 saturated carbocycles. The second-order valence-electron chi connectivity index (χ2n) is 4.10. The summed E-state index contributed by atoms with van der Waals surface area (Å²) in [5.41, 5.74) is 13.8. The molecular formula is C14H14ClN7. The third-order valence-corrected chi connectivity index (χ3v) is 2.51. The number of halogens is 1. The van der Waals surface area contributed by atoms with Crippen molar-refractivity contribution in [2.75, 3.05) is 11.5 Å². The molecule has 8 heteroatoms. The number of tetrazole rings is 1. The van der Waals surface area contributed by atoms with Crippen LogP contribution >= 0.6 is 12.4 Å². The molecule has 2 aromatic carbocycles. The van der Waals surface area contributed by atoms with Crippen molar-refractivity contribution in [2.24, 2.45) is 0 Å². The number of H-pyrrole nitrogens is 1. The van der Waals surface area contributed by atoms with Crippen LogP contribution in [-0.2, 0) is 0 Å². The molecule has 3 aromatic rings. The van der Waals surface area contributed by atoms with Crippen LogP contribution in [0.2, 0.25) is 0 Å². The van der Waals surface area contributed by atoms with Gasteiger partial charge in [-0.2, -0.15) is 10.5 Å². The third-order valence-electron chi connectivity index (χ3n) is 2.51. The van der Waals surface area contributed by atoms with Crippen LogP contribution in [0.1, 0.15) is 5.56 Å². The summed E-state index contributed by atoms with van der Waals surface area (Å²) >= 11 is 0. The predicted molar refractivity (Wildman–Crippen MR) is 86.8 cm³/mol. The van der Waals surface area contributed by atoms with E-state index in [-0.39, 0.29) is 12.4 Å². The SMILES string of the molecule is Cl.N#Cc1cccc(N)c1.Nc1cccc(-c2nn[nH]n2)c1. The Labute approximate surface area is 133 Å². The number of hydrogen-bond acceptors (Lipinski definition) is 6. The molecule has 0 spiro atoms. The Morgan fingerprint density at radius 1 is 1.00 bits per heavy atom. The van der Waals surface area contributed by atoms with Crippen LogP contribution in [0.3, 0.4) is 0 Å². The lowest BCUT2D eigenvalue weighted by molar-refractivity contribution is 0.881. The highest BCUT2D eigenvalue weighted by molar-refractivity contribution is 5.85. The monoisotopic (exact) mass is 315 g/mol. The van der Waals surface area contributed by atoms with Crippen molar-refractivity contribution >= 4 is 23.8 Å². The lowest BCUT2D eigenvalue weighted by Crippen LogP contribution is -1.86. The topological polar surface area (TPSA) is 130 Å². The van der Waals surface area contributed by atoms with Gasteiger partial charge in [-0.1, -0.05) is 18.2 Å². The average Bonchev–Trinajstić information content (AvgIpc) is 3.02. The van der Waals surface area contributed by atoms with Crippen LogP contribution in [0.25, 0.3) is 11.4 Å². The smallest absolute Gasteiger partial charge is 0.204 e. The van der Waals surface area contributed by atoms with E-state index in [1.54, 1.807) is 30.3 Å². The summed E-state index contributed by atoms with van der Waals surface area (Å²) in [6, 6.07) is 16.2. The van der Waals surface area contributed by atoms with E-state index in [1.165, 1.54) is 0 Å². The second-order valence-corrected chi connectivity index (χ2v) is 4.10. The molecular weight excluding hydrogens is 302 g/mol. The van der Waals surface area contributed by atoms with Crippen molar-refractivity contribution in [1.82, 2.24) is 20.6 Å². The van der Waals surface area contributed by atoms with E-state index in [1.807, 2.05) is 24.3 Å². The molecule has 1 heterocycles. The van der Waals surface area contributed by atoms with Crippen LogP contribution in [0.4, 0.5) is 11.4 Å². The second kappa shape index (κ2) is 8.24. The fourth-order valence-electron chi connectivity index (χ4n) is 1.57. The number of nitrogens with one attached hydrogen (secondary N) is 1. The minimum absolute atomic E-state index is 0. The number of nitrogens with two attached hydrogens (primary N) is 2. The first-order chi connectivity index (χ1) is 10.2. The molecule has 7 nitrogen and oxygen atoms in total. The van der Waals surface area contributed by atoms with Crippen molar-refractivity contribution in [1.29, 1.82) is 5.26 Å². The van der Waals surface area contributed by atoms with Crippen molar-refractivity contribution in [3.63, 3.8) is 0 Å². The molecule has 1 aromatic heterocycles. The maximum atomic E-state index is 8.36. The van der Waals surface area contributed by atoms with Crippen LogP contribution in [-0.4, -0.2) is 20.6 Å². The number of rotatable bonds is 1. The molecule has 0 aliphatic heterocycles. The van der Waals surface area contributed by atoms with Crippen molar-refractivity contribution in [3.05, 3.63) is 54.1 Å². The Kier molecular flexibility index (Phi) is 6.34. The highest BCUT2D eigenvalue weighted by Gasteiger charge is 2.00. The molecule has 0 saturated heterocycles. The molecule has 22 heavy (non-hydrogen) atoms. The van der Waals surface area contributed by atoms with E-state index in [0.717, 1.165) is 5.56 Å². The highest BCUT2D eigenvalue weighted by atomic mass is 35.5. The van der Waals surface area contributed by atoms with Crippen LogP contribution in [0.5, 0.6) is 0 Å². The summed E-state index contributed by atoms with van der Waals surface area (Å²) < 4.78 is 0. The first kappa shape index (κ1) is 16.9. The fraction of sp³-hybridized carbons (Fsp3) is 0. The van der Waals surface area contributed by atoms with Gasteiger partial charge in [-0.25, -0.2) is 0 Å². The van der Waals surface area contributed by atoms with E-state index >= 15 is 0 Å². The molecule has 3 rings (SSSR count). The van der Waals surface area contributed by atoms with Gasteiger partial charge in [0.25, 0.3) is 0 Å². The van der Waals surface area contributed by atoms with Crippen LogP contribution in [0.15, 0.2) is 48.5 Å². The summed E-state index contributed by atoms with van der Waals surface area (Å²) in [6.45, 7) is 0. The number of benzene rings is 2. The maximum absolute atomic E-state index is 8.36. The number of nitriles is 1. The van der Waals surface area contributed by atoms with Gasteiger partial charge in [0, 0.05) is 16.9 Å². The number of nitrogens with zero attached hydrogens (tertiary/aromatic N) is 4. The molecule has 0 atom stereocenters. The number of nitrogen functional groups attached to an aromatic ring is 2. The Hall–Kier alpha value is -3.11.